The maximum Gasteiger partial charge on any atom is 0.396 e. The SMILES string of the molecule is COc1cc(C(N)=O)ccc1Nc1nc2c(c[nH+]1)N(C)C(=O)C(C)(C)CN2C1CCCC1. The molecule has 170 valence electrons. The van der Waals surface area contributed by atoms with Crippen LogP contribution in [0.15, 0.2) is 24.4 Å². The summed E-state index contributed by atoms with van der Waals surface area (Å²) in [6, 6.07) is 5.32. The molecule has 1 saturated carbocycles. The lowest BCUT2D eigenvalue weighted by Crippen LogP contribution is -2.45. The van der Waals surface area contributed by atoms with E-state index >= 15 is 0 Å². The van der Waals surface area contributed by atoms with Crippen molar-refractivity contribution in [2.75, 3.05) is 35.8 Å². The van der Waals surface area contributed by atoms with Crippen LogP contribution >= 0.6 is 0 Å². The van der Waals surface area contributed by atoms with Crippen molar-refractivity contribution in [3.63, 3.8) is 0 Å². The predicted octanol–water partition coefficient (Wildman–Crippen LogP) is 2.50. The number of benzene rings is 1. The number of fused-ring (bicyclic) bond motifs is 1. The third kappa shape index (κ3) is 3.94. The van der Waals surface area contributed by atoms with E-state index in [1.165, 1.54) is 20.0 Å². The number of rotatable bonds is 5. The second-order valence-corrected chi connectivity index (χ2v) is 9.18. The average molecular weight is 440 g/mol. The number of hydrogen-bond donors (Lipinski definition) is 2. The molecule has 1 aliphatic carbocycles. The number of primary amides is 1. The minimum atomic E-state index is -0.528. The molecular formula is C23H31N6O3+. The van der Waals surface area contributed by atoms with E-state index in [1.54, 1.807) is 30.1 Å². The molecule has 1 aromatic heterocycles. The molecule has 1 aromatic carbocycles. The summed E-state index contributed by atoms with van der Waals surface area (Å²) in [4.78, 5) is 36.7. The summed E-state index contributed by atoms with van der Waals surface area (Å²) in [6.07, 6.45) is 6.39. The summed E-state index contributed by atoms with van der Waals surface area (Å²) in [7, 11) is 3.33. The zero-order valence-corrected chi connectivity index (χ0v) is 19.1. The lowest BCUT2D eigenvalue weighted by molar-refractivity contribution is -0.363. The van der Waals surface area contributed by atoms with Crippen LogP contribution in [0.5, 0.6) is 5.75 Å². The maximum absolute atomic E-state index is 13.1. The zero-order chi connectivity index (χ0) is 23.0. The number of hydrogen-bond acceptors (Lipinski definition) is 6. The molecule has 4 rings (SSSR count). The summed E-state index contributed by atoms with van der Waals surface area (Å²) < 4.78 is 5.43. The van der Waals surface area contributed by atoms with Crippen LogP contribution in [0.3, 0.4) is 0 Å². The van der Waals surface area contributed by atoms with E-state index < -0.39 is 11.3 Å². The number of carbonyl (C=O) groups is 2. The van der Waals surface area contributed by atoms with E-state index in [0.29, 0.717) is 35.5 Å². The number of amides is 2. The normalized spacial score (nSPS) is 18.3. The number of methoxy groups -OCH3 is 1. The Hall–Kier alpha value is -3.36. The molecule has 0 unspecified atom stereocenters. The average Bonchev–Trinajstić information content (AvgIpc) is 3.29. The molecule has 0 spiro atoms. The van der Waals surface area contributed by atoms with Crippen LogP contribution < -0.4 is 30.6 Å². The molecule has 2 heterocycles. The third-order valence-corrected chi connectivity index (χ3v) is 6.38. The minimum absolute atomic E-state index is 0.0684. The van der Waals surface area contributed by atoms with Gasteiger partial charge in [-0.15, -0.1) is 0 Å². The summed E-state index contributed by atoms with van der Waals surface area (Å²) in [5.74, 6) is 1.32. The molecule has 4 N–H and O–H groups in total. The summed E-state index contributed by atoms with van der Waals surface area (Å²) in [5.41, 5.74) is 6.62. The summed E-state index contributed by atoms with van der Waals surface area (Å²) in [6.45, 7) is 4.60. The Bertz CT molecular complexity index is 1050. The first-order valence-corrected chi connectivity index (χ1v) is 10.9. The molecular weight excluding hydrogens is 408 g/mol. The van der Waals surface area contributed by atoms with E-state index in [-0.39, 0.29) is 5.91 Å². The van der Waals surface area contributed by atoms with Crippen LogP contribution in [0.4, 0.5) is 23.1 Å². The number of carbonyl (C=O) groups excluding carboxylic acids is 2. The second kappa shape index (κ2) is 8.29. The molecule has 2 amide bonds. The van der Waals surface area contributed by atoms with Crippen molar-refractivity contribution >= 4 is 35.0 Å². The van der Waals surface area contributed by atoms with E-state index in [9.17, 15) is 9.59 Å². The van der Waals surface area contributed by atoms with Crippen LogP contribution in [0.1, 0.15) is 49.9 Å². The molecule has 9 nitrogen and oxygen atoms in total. The maximum atomic E-state index is 13.1. The quantitative estimate of drug-likeness (QED) is 0.740. The molecule has 1 fully saturated rings. The highest BCUT2D eigenvalue weighted by molar-refractivity contribution is 6.00. The first-order valence-electron chi connectivity index (χ1n) is 10.9. The van der Waals surface area contributed by atoms with Gasteiger partial charge in [-0.2, -0.15) is 0 Å². The highest BCUT2D eigenvalue weighted by Gasteiger charge is 2.43. The van der Waals surface area contributed by atoms with Crippen LogP contribution in [0.25, 0.3) is 0 Å². The Balaban J connectivity index is 1.74. The Morgan fingerprint density at radius 2 is 2.03 bits per heavy atom. The van der Waals surface area contributed by atoms with Gasteiger partial charge in [0, 0.05) is 25.2 Å². The van der Waals surface area contributed by atoms with Gasteiger partial charge in [-0.25, -0.2) is 10.3 Å². The fraction of sp³-hybridized carbons (Fsp3) is 0.478. The first kappa shape index (κ1) is 21.9. The standard InChI is InChI=1S/C23H30N6O3/c1-23(2)13-29(15-7-5-6-8-15)20-17(28(3)21(23)31)12-25-22(27-20)26-16-10-9-14(19(24)30)11-18(16)32-4/h9-12,15H,5-8,13H2,1-4H3,(H2,24,30)(H,25,26,27)/p+1. The van der Waals surface area contributed by atoms with Gasteiger partial charge in [-0.05, 0) is 44.9 Å². The smallest absolute Gasteiger partial charge is 0.396 e. The highest BCUT2D eigenvalue weighted by Crippen LogP contribution is 2.40. The van der Waals surface area contributed by atoms with Crippen molar-refractivity contribution < 1.29 is 19.3 Å². The van der Waals surface area contributed by atoms with E-state index in [2.05, 4.69) is 15.2 Å². The number of H-pyrrole nitrogens is 1. The predicted molar refractivity (Wildman–Crippen MR) is 122 cm³/mol. The van der Waals surface area contributed by atoms with Crippen molar-refractivity contribution in [2.45, 2.75) is 45.6 Å². The first-order chi connectivity index (χ1) is 15.2. The van der Waals surface area contributed by atoms with Gasteiger partial charge in [0.25, 0.3) is 0 Å². The lowest BCUT2D eigenvalue weighted by atomic mass is 9.91. The van der Waals surface area contributed by atoms with E-state index in [4.69, 9.17) is 15.5 Å². The van der Waals surface area contributed by atoms with Crippen molar-refractivity contribution in [1.82, 2.24) is 4.98 Å². The number of aromatic nitrogens is 2. The third-order valence-electron chi connectivity index (χ3n) is 6.38. The van der Waals surface area contributed by atoms with Crippen molar-refractivity contribution in [3.8, 4) is 5.75 Å². The van der Waals surface area contributed by atoms with Crippen molar-refractivity contribution in [2.24, 2.45) is 11.1 Å². The molecule has 1 aliphatic heterocycles. The molecule has 9 heteroatoms. The van der Waals surface area contributed by atoms with Gasteiger partial charge in [-0.3, -0.25) is 9.59 Å². The Morgan fingerprint density at radius 3 is 2.69 bits per heavy atom. The number of nitrogens with two attached hydrogens (primary N) is 1. The topological polar surface area (TPSA) is 115 Å². The lowest BCUT2D eigenvalue weighted by Gasteiger charge is -2.32. The monoisotopic (exact) mass is 439 g/mol. The van der Waals surface area contributed by atoms with Gasteiger partial charge in [0.05, 0.1) is 18.7 Å². The van der Waals surface area contributed by atoms with Crippen LogP contribution in [-0.4, -0.2) is 43.5 Å². The van der Waals surface area contributed by atoms with Crippen molar-refractivity contribution in [1.29, 1.82) is 0 Å². The molecule has 0 atom stereocenters. The Kier molecular flexibility index (Phi) is 5.66. The molecule has 0 radical (unpaired) electrons. The molecule has 32 heavy (non-hydrogen) atoms. The number of ether oxygens (including phenoxy) is 1. The zero-order valence-electron chi connectivity index (χ0n) is 19.1. The van der Waals surface area contributed by atoms with Gasteiger partial charge >= 0.3 is 5.95 Å². The largest absolute Gasteiger partial charge is 0.493 e. The van der Waals surface area contributed by atoms with Crippen LogP contribution in [-0.2, 0) is 4.79 Å². The van der Waals surface area contributed by atoms with Gasteiger partial charge in [0.15, 0.2) is 5.75 Å². The van der Waals surface area contributed by atoms with E-state index in [1.807, 2.05) is 20.0 Å². The number of aromatic amines is 1. The fourth-order valence-electron chi connectivity index (χ4n) is 4.64. The van der Waals surface area contributed by atoms with Crippen LogP contribution in [0.2, 0.25) is 0 Å². The van der Waals surface area contributed by atoms with Crippen LogP contribution in [0, 0.1) is 5.41 Å². The van der Waals surface area contributed by atoms with Crippen molar-refractivity contribution in [3.05, 3.63) is 30.0 Å². The molecule has 2 aliphatic rings. The second-order valence-electron chi connectivity index (χ2n) is 9.18. The number of nitrogens with one attached hydrogen (secondary N) is 2. The molecule has 0 bridgehead atoms. The van der Waals surface area contributed by atoms with Gasteiger partial charge < -0.3 is 20.3 Å². The minimum Gasteiger partial charge on any atom is -0.493 e. The highest BCUT2D eigenvalue weighted by atomic mass is 16.5. The molecule has 2 aromatic rings. The Labute approximate surface area is 188 Å². The van der Waals surface area contributed by atoms with Gasteiger partial charge in [0.1, 0.15) is 11.4 Å². The number of nitrogens with zero attached hydrogens (tertiary/aromatic N) is 3. The summed E-state index contributed by atoms with van der Waals surface area (Å²) >= 11 is 0. The summed E-state index contributed by atoms with van der Waals surface area (Å²) in [5, 5.41) is 3.24. The Morgan fingerprint density at radius 1 is 1.31 bits per heavy atom. The van der Waals surface area contributed by atoms with Gasteiger partial charge in [-0.1, -0.05) is 17.8 Å². The van der Waals surface area contributed by atoms with E-state index in [0.717, 1.165) is 24.3 Å². The van der Waals surface area contributed by atoms with Gasteiger partial charge in [0.2, 0.25) is 17.6 Å². The fourth-order valence-corrected chi connectivity index (χ4v) is 4.64. The number of anilines is 4. The molecule has 0 saturated heterocycles.